The summed E-state index contributed by atoms with van der Waals surface area (Å²) in [5, 5.41) is 3.13. The minimum atomic E-state index is 0.811. The van der Waals surface area contributed by atoms with E-state index in [1.165, 1.54) is 44.7 Å². The van der Waals surface area contributed by atoms with E-state index in [4.69, 9.17) is 4.42 Å². The van der Waals surface area contributed by atoms with E-state index in [1.54, 1.807) is 0 Å². The first-order valence-electron chi connectivity index (χ1n) is 7.40. The molecule has 0 unspecified atom stereocenters. The molecule has 1 aliphatic rings. The van der Waals surface area contributed by atoms with E-state index < -0.39 is 0 Å². The van der Waals surface area contributed by atoms with E-state index in [-0.39, 0.29) is 0 Å². The van der Waals surface area contributed by atoms with Crippen molar-refractivity contribution in [3.8, 4) is 0 Å². The third-order valence-electron chi connectivity index (χ3n) is 3.82. The fourth-order valence-corrected chi connectivity index (χ4v) is 2.73. The molecule has 0 saturated carbocycles. The number of piperazine rings is 1. The van der Waals surface area contributed by atoms with Crippen LogP contribution in [0.5, 0.6) is 0 Å². The zero-order valence-corrected chi connectivity index (χ0v) is 12.5. The van der Waals surface area contributed by atoms with Gasteiger partial charge in [0.05, 0.1) is 6.54 Å². The predicted molar refractivity (Wildman–Crippen MR) is 78.2 cm³/mol. The standard InChI is InChI=1S/C15H27N3O/c1-4-5-17-6-8-18(9-7-17)12-14-10-15(11-16-3)19-13(14)2/h10,16H,4-9,11-12H2,1-3H3. The lowest BCUT2D eigenvalue weighted by atomic mass is 10.2. The third-order valence-corrected chi connectivity index (χ3v) is 3.82. The zero-order chi connectivity index (χ0) is 13.7. The molecular weight excluding hydrogens is 238 g/mol. The van der Waals surface area contributed by atoms with Gasteiger partial charge >= 0.3 is 0 Å². The number of furan rings is 1. The van der Waals surface area contributed by atoms with Crippen LogP contribution in [0.1, 0.15) is 30.4 Å². The quantitative estimate of drug-likeness (QED) is 0.850. The summed E-state index contributed by atoms with van der Waals surface area (Å²) in [4.78, 5) is 5.10. The molecule has 0 aromatic carbocycles. The summed E-state index contributed by atoms with van der Waals surface area (Å²) in [5.74, 6) is 2.11. The van der Waals surface area contributed by atoms with Crippen LogP contribution < -0.4 is 5.32 Å². The van der Waals surface area contributed by atoms with E-state index in [0.717, 1.165) is 24.6 Å². The van der Waals surface area contributed by atoms with Crippen molar-refractivity contribution in [2.45, 2.75) is 33.4 Å². The molecule has 1 saturated heterocycles. The first-order chi connectivity index (χ1) is 9.22. The fraction of sp³-hybridized carbons (Fsp3) is 0.733. The molecule has 4 nitrogen and oxygen atoms in total. The van der Waals surface area contributed by atoms with Gasteiger partial charge in [0.25, 0.3) is 0 Å². The maximum absolute atomic E-state index is 5.76. The average Bonchev–Trinajstić information content (AvgIpc) is 2.73. The molecule has 19 heavy (non-hydrogen) atoms. The molecule has 0 radical (unpaired) electrons. The van der Waals surface area contributed by atoms with Gasteiger partial charge in [-0.2, -0.15) is 0 Å². The second kappa shape index (κ2) is 7.08. The van der Waals surface area contributed by atoms with Crippen LogP contribution >= 0.6 is 0 Å². The lowest BCUT2D eigenvalue weighted by molar-refractivity contribution is 0.127. The van der Waals surface area contributed by atoms with Gasteiger partial charge in [-0.15, -0.1) is 0 Å². The molecule has 2 heterocycles. The molecule has 0 aliphatic carbocycles. The Morgan fingerprint density at radius 2 is 1.89 bits per heavy atom. The summed E-state index contributed by atoms with van der Waals surface area (Å²) in [6.45, 7) is 12.2. The topological polar surface area (TPSA) is 31.6 Å². The summed E-state index contributed by atoms with van der Waals surface area (Å²) in [6.07, 6.45) is 1.26. The Hall–Kier alpha value is -0.840. The highest BCUT2D eigenvalue weighted by molar-refractivity contribution is 5.20. The summed E-state index contributed by atoms with van der Waals surface area (Å²) < 4.78 is 5.76. The van der Waals surface area contributed by atoms with Crippen molar-refractivity contribution in [1.82, 2.24) is 15.1 Å². The first-order valence-corrected chi connectivity index (χ1v) is 7.40. The molecule has 1 aromatic heterocycles. The Labute approximate surface area is 116 Å². The van der Waals surface area contributed by atoms with Crippen LogP contribution in [-0.4, -0.2) is 49.6 Å². The molecule has 1 aromatic rings. The summed E-state index contributed by atoms with van der Waals surface area (Å²) in [6, 6.07) is 2.20. The Balaban J connectivity index is 1.85. The second-order valence-electron chi connectivity index (χ2n) is 5.44. The molecule has 4 heteroatoms. The predicted octanol–water partition coefficient (Wildman–Crippen LogP) is 1.84. The highest BCUT2D eigenvalue weighted by atomic mass is 16.3. The minimum absolute atomic E-state index is 0.811. The Kier molecular flexibility index (Phi) is 5.43. The van der Waals surface area contributed by atoms with E-state index in [2.05, 4.69) is 35.0 Å². The van der Waals surface area contributed by atoms with Crippen molar-refractivity contribution in [1.29, 1.82) is 0 Å². The van der Waals surface area contributed by atoms with Gasteiger partial charge in [-0.1, -0.05) is 6.92 Å². The van der Waals surface area contributed by atoms with Crippen molar-refractivity contribution in [2.75, 3.05) is 39.8 Å². The van der Waals surface area contributed by atoms with Gasteiger partial charge < -0.3 is 14.6 Å². The molecule has 0 atom stereocenters. The zero-order valence-electron chi connectivity index (χ0n) is 12.5. The summed E-state index contributed by atoms with van der Waals surface area (Å²) >= 11 is 0. The Morgan fingerprint density at radius 3 is 2.53 bits per heavy atom. The number of nitrogens with zero attached hydrogens (tertiary/aromatic N) is 2. The molecule has 108 valence electrons. The van der Waals surface area contributed by atoms with Crippen molar-refractivity contribution >= 4 is 0 Å². The Morgan fingerprint density at radius 1 is 1.21 bits per heavy atom. The van der Waals surface area contributed by atoms with Crippen molar-refractivity contribution < 1.29 is 4.42 Å². The summed E-state index contributed by atoms with van der Waals surface area (Å²) in [7, 11) is 1.95. The summed E-state index contributed by atoms with van der Waals surface area (Å²) in [5.41, 5.74) is 1.34. The maximum atomic E-state index is 5.76. The molecule has 1 fully saturated rings. The lowest BCUT2D eigenvalue weighted by Crippen LogP contribution is -2.45. The van der Waals surface area contributed by atoms with Gasteiger partial charge in [-0.3, -0.25) is 4.90 Å². The number of nitrogens with one attached hydrogen (secondary N) is 1. The highest BCUT2D eigenvalue weighted by Gasteiger charge is 2.18. The monoisotopic (exact) mass is 265 g/mol. The van der Waals surface area contributed by atoms with Crippen LogP contribution in [0.2, 0.25) is 0 Å². The van der Waals surface area contributed by atoms with Crippen molar-refractivity contribution in [3.63, 3.8) is 0 Å². The first kappa shape index (κ1) is 14.6. The molecule has 0 bridgehead atoms. The number of hydrogen-bond acceptors (Lipinski definition) is 4. The molecule has 0 amide bonds. The van der Waals surface area contributed by atoms with Crippen LogP contribution in [0, 0.1) is 6.92 Å². The lowest BCUT2D eigenvalue weighted by Gasteiger charge is -2.34. The largest absolute Gasteiger partial charge is 0.465 e. The van der Waals surface area contributed by atoms with Crippen LogP contribution in [0.4, 0.5) is 0 Å². The van der Waals surface area contributed by atoms with Gasteiger partial charge in [-0.25, -0.2) is 0 Å². The number of hydrogen-bond donors (Lipinski definition) is 1. The molecule has 0 spiro atoms. The van der Waals surface area contributed by atoms with E-state index in [0.29, 0.717) is 0 Å². The second-order valence-corrected chi connectivity index (χ2v) is 5.44. The van der Waals surface area contributed by atoms with Gasteiger partial charge in [0.15, 0.2) is 0 Å². The number of aryl methyl sites for hydroxylation is 1. The van der Waals surface area contributed by atoms with Crippen LogP contribution in [0.15, 0.2) is 10.5 Å². The van der Waals surface area contributed by atoms with Crippen LogP contribution in [0.25, 0.3) is 0 Å². The Bertz CT molecular complexity index is 381. The average molecular weight is 265 g/mol. The van der Waals surface area contributed by atoms with E-state index in [1.807, 2.05) is 7.05 Å². The minimum Gasteiger partial charge on any atom is -0.465 e. The van der Waals surface area contributed by atoms with E-state index >= 15 is 0 Å². The fourth-order valence-electron chi connectivity index (χ4n) is 2.73. The van der Waals surface area contributed by atoms with Gasteiger partial charge in [-0.05, 0) is 33.0 Å². The van der Waals surface area contributed by atoms with Crippen molar-refractivity contribution in [2.24, 2.45) is 0 Å². The normalized spacial score (nSPS) is 18.1. The van der Waals surface area contributed by atoms with E-state index in [9.17, 15) is 0 Å². The SMILES string of the molecule is CCCN1CCN(Cc2cc(CNC)oc2C)CC1. The third kappa shape index (κ3) is 4.06. The van der Waals surface area contributed by atoms with Crippen LogP contribution in [-0.2, 0) is 13.1 Å². The van der Waals surface area contributed by atoms with Gasteiger partial charge in [0.2, 0.25) is 0 Å². The number of rotatable bonds is 6. The van der Waals surface area contributed by atoms with Crippen LogP contribution in [0.3, 0.4) is 0 Å². The molecule has 1 aliphatic heterocycles. The van der Waals surface area contributed by atoms with Crippen molar-refractivity contribution in [3.05, 3.63) is 23.2 Å². The maximum Gasteiger partial charge on any atom is 0.118 e. The molecule has 1 N–H and O–H groups in total. The van der Waals surface area contributed by atoms with Gasteiger partial charge in [0, 0.05) is 38.3 Å². The van der Waals surface area contributed by atoms with Gasteiger partial charge in [0.1, 0.15) is 11.5 Å². The molecular formula is C15H27N3O. The molecule has 2 rings (SSSR count). The highest BCUT2D eigenvalue weighted by Crippen LogP contribution is 2.17. The smallest absolute Gasteiger partial charge is 0.118 e.